The Balaban J connectivity index is 1.87. The first-order valence-corrected chi connectivity index (χ1v) is 7.68. The van der Waals surface area contributed by atoms with Crippen LogP contribution in [0.1, 0.15) is 11.1 Å². The molecule has 2 aromatic rings. The minimum atomic E-state index is -0.193. The van der Waals surface area contributed by atoms with Gasteiger partial charge in [-0.25, -0.2) is 0 Å². The third-order valence-corrected chi connectivity index (χ3v) is 3.65. The van der Waals surface area contributed by atoms with Crippen LogP contribution in [-0.4, -0.2) is 31.2 Å². The third kappa shape index (κ3) is 4.62. The molecule has 1 aromatic carbocycles. The van der Waals surface area contributed by atoms with Crippen molar-refractivity contribution in [1.29, 1.82) is 0 Å². The number of rotatable bonds is 7. The van der Waals surface area contributed by atoms with Crippen LogP contribution < -0.4 is 20.3 Å². The van der Waals surface area contributed by atoms with E-state index in [1.54, 1.807) is 26.5 Å². The quantitative estimate of drug-likeness (QED) is 0.836. The molecule has 0 aliphatic rings. The molecular formula is C18H22N2O4. The standard InChI is InChI=1S/C18H22N2O4/c1-13-7-9-20(18(22)10-13)12-17(21)19-8-6-14-4-5-15(23-2)16(11-14)24-3/h4-5,7,9-11H,6,8,12H2,1-3H3,(H,19,21). The van der Waals surface area contributed by atoms with Gasteiger partial charge < -0.3 is 19.4 Å². The van der Waals surface area contributed by atoms with Crippen molar-refractivity contribution < 1.29 is 14.3 Å². The monoisotopic (exact) mass is 330 g/mol. The molecule has 1 heterocycles. The SMILES string of the molecule is COc1ccc(CCNC(=O)Cn2ccc(C)cc2=O)cc1OC. The molecule has 0 radical (unpaired) electrons. The Hall–Kier alpha value is -2.76. The van der Waals surface area contributed by atoms with Crippen LogP contribution in [0, 0.1) is 6.92 Å². The Bertz CT molecular complexity index is 768. The first kappa shape index (κ1) is 17.6. The highest BCUT2D eigenvalue weighted by atomic mass is 16.5. The lowest BCUT2D eigenvalue weighted by Crippen LogP contribution is -2.33. The summed E-state index contributed by atoms with van der Waals surface area (Å²) < 4.78 is 11.8. The van der Waals surface area contributed by atoms with Crippen LogP contribution >= 0.6 is 0 Å². The highest BCUT2D eigenvalue weighted by molar-refractivity contribution is 5.75. The number of benzene rings is 1. The van der Waals surface area contributed by atoms with Gasteiger partial charge in [0.2, 0.25) is 5.91 Å². The highest BCUT2D eigenvalue weighted by Crippen LogP contribution is 2.27. The Kier molecular flexibility index (Phi) is 6.01. The lowest BCUT2D eigenvalue weighted by molar-refractivity contribution is -0.121. The summed E-state index contributed by atoms with van der Waals surface area (Å²) in [6.45, 7) is 2.34. The molecule has 0 fully saturated rings. The number of hydrogen-bond acceptors (Lipinski definition) is 4. The maximum Gasteiger partial charge on any atom is 0.251 e. The maximum absolute atomic E-state index is 11.9. The molecule has 1 amide bonds. The summed E-state index contributed by atoms with van der Waals surface area (Å²) in [5.74, 6) is 1.14. The van der Waals surface area contributed by atoms with Crippen molar-refractivity contribution in [3.8, 4) is 11.5 Å². The van der Waals surface area contributed by atoms with E-state index in [4.69, 9.17) is 9.47 Å². The van der Waals surface area contributed by atoms with E-state index in [1.165, 1.54) is 10.6 Å². The van der Waals surface area contributed by atoms with Gasteiger partial charge in [0.25, 0.3) is 5.56 Å². The van der Waals surface area contributed by atoms with E-state index in [0.717, 1.165) is 11.1 Å². The highest BCUT2D eigenvalue weighted by Gasteiger charge is 2.06. The molecule has 0 spiro atoms. The van der Waals surface area contributed by atoms with Crippen LogP contribution in [0.25, 0.3) is 0 Å². The number of ether oxygens (including phenoxy) is 2. The fraction of sp³-hybridized carbons (Fsp3) is 0.333. The summed E-state index contributed by atoms with van der Waals surface area (Å²) >= 11 is 0. The van der Waals surface area contributed by atoms with Crippen molar-refractivity contribution in [3.05, 3.63) is 58.0 Å². The van der Waals surface area contributed by atoms with E-state index in [9.17, 15) is 9.59 Å². The van der Waals surface area contributed by atoms with Gasteiger partial charge in [-0.2, -0.15) is 0 Å². The van der Waals surface area contributed by atoms with Crippen molar-refractivity contribution in [1.82, 2.24) is 9.88 Å². The lowest BCUT2D eigenvalue weighted by Gasteiger charge is -2.10. The number of amides is 1. The zero-order valence-corrected chi connectivity index (χ0v) is 14.2. The second-order valence-corrected chi connectivity index (χ2v) is 5.46. The molecule has 0 unspecified atom stereocenters. The predicted molar refractivity (Wildman–Crippen MR) is 91.7 cm³/mol. The third-order valence-electron chi connectivity index (χ3n) is 3.65. The summed E-state index contributed by atoms with van der Waals surface area (Å²) in [5.41, 5.74) is 1.73. The Morgan fingerprint density at radius 1 is 1.12 bits per heavy atom. The van der Waals surface area contributed by atoms with Gasteiger partial charge in [0.15, 0.2) is 11.5 Å². The molecule has 1 aromatic heterocycles. The first-order chi connectivity index (χ1) is 11.5. The van der Waals surface area contributed by atoms with E-state index in [0.29, 0.717) is 24.5 Å². The number of carbonyl (C=O) groups is 1. The van der Waals surface area contributed by atoms with E-state index in [2.05, 4.69) is 5.32 Å². The van der Waals surface area contributed by atoms with E-state index in [-0.39, 0.29) is 18.0 Å². The van der Waals surface area contributed by atoms with Gasteiger partial charge in [-0.05, 0) is 42.7 Å². The molecule has 0 aliphatic heterocycles. The van der Waals surface area contributed by atoms with Crippen molar-refractivity contribution in [2.24, 2.45) is 0 Å². The number of pyridine rings is 1. The molecule has 0 aliphatic carbocycles. The lowest BCUT2D eigenvalue weighted by atomic mass is 10.1. The number of carbonyl (C=O) groups excluding carboxylic acids is 1. The number of nitrogens with zero attached hydrogens (tertiary/aromatic N) is 1. The molecule has 6 heteroatoms. The average molecular weight is 330 g/mol. The average Bonchev–Trinajstić information content (AvgIpc) is 2.57. The number of methoxy groups -OCH3 is 2. The summed E-state index contributed by atoms with van der Waals surface area (Å²) in [7, 11) is 3.17. The molecule has 0 bridgehead atoms. The summed E-state index contributed by atoms with van der Waals surface area (Å²) in [5, 5.41) is 2.82. The molecule has 1 N–H and O–H groups in total. The van der Waals surface area contributed by atoms with Crippen molar-refractivity contribution in [3.63, 3.8) is 0 Å². The van der Waals surface area contributed by atoms with Gasteiger partial charge >= 0.3 is 0 Å². The molecule has 0 saturated heterocycles. The first-order valence-electron chi connectivity index (χ1n) is 7.68. The minimum absolute atomic E-state index is 0.0189. The van der Waals surface area contributed by atoms with E-state index >= 15 is 0 Å². The van der Waals surface area contributed by atoms with Crippen molar-refractivity contribution in [2.45, 2.75) is 19.9 Å². The van der Waals surface area contributed by atoms with Gasteiger partial charge in [0.1, 0.15) is 6.54 Å². The van der Waals surface area contributed by atoms with Gasteiger partial charge in [-0.15, -0.1) is 0 Å². The van der Waals surface area contributed by atoms with Crippen LogP contribution in [0.4, 0.5) is 0 Å². The second-order valence-electron chi connectivity index (χ2n) is 5.46. The molecule has 6 nitrogen and oxygen atoms in total. The fourth-order valence-electron chi connectivity index (χ4n) is 2.33. The van der Waals surface area contributed by atoms with E-state index in [1.807, 2.05) is 25.1 Å². The van der Waals surface area contributed by atoms with Gasteiger partial charge in [-0.3, -0.25) is 9.59 Å². The minimum Gasteiger partial charge on any atom is -0.493 e. The summed E-state index contributed by atoms with van der Waals surface area (Å²) in [6.07, 6.45) is 2.29. The molecule has 0 saturated carbocycles. The largest absolute Gasteiger partial charge is 0.493 e. The maximum atomic E-state index is 11.9. The number of nitrogens with one attached hydrogen (secondary N) is 1. The van der Waals surface area contributed by atoms with Gasteiger partial charge in [0, 0.05) is 18.8 Å². The number of hydrogen-bond donors (Lipinski definition) is 1. The molecule has 2 rings (SSSR count). The van der Waals surface area contributed by atoms with Crippen LogP contribution in [-0.2, 0) is 17.8 Å². The predicted octanol–water partition coefficient (Wildman–Crippen LogP) is 1.53. The van der Waals surface area contributed by atoms with Crippen LogP contribution in [0.5, 0.6) is 11.5 Å². The van der Waals surface area contributed by atoms with Gasteiger partial charge in [-0.1, -0.05) is 6.07 Å². The normalized spacial score (nSPS) is 10.3. The smallest absolute Gasteiger partial charge is 0.251 e. The van der Waals surface area contributed by atoms with Crippen molar-refractivity contribution >= 4 is 5.91 Å². The molecule has 128 valence electrons. The van der Waals surface area contributed by atoms with Crippen LogP contribution in [0.2, 0.25) is 0 Å². The zero-order chi connectivity index (χ0) is 17.5. The zero-order valence-electron chi connectivity index (χ0n) is 14.2. The fourth-order valence-corrected chi connectivity index (χ4v) is 2.33. The Labute approximate surface area is 141 Å². The van der Waals surface area contributed by atoms with Gasteiger partial charge in [0.05, 0.1) is 14.2 Å². The number of aryl methyl sites for hydroxylation is 1. The van der Waals surface area contributed by atoms with E-state index < -0.39 is 0 Å². The van der Waals surface area contributed by atoms with Crippen LogP contribution in [0.3, 0.4) is 0 Å². The summed E-state index contributed by atoms with van der Waals surface area (Å²) in [6, 6.07) is 8.96. The van der Waals surface area contributed by atoms with Crippen LogP contribution in [0.15, 0.2) is 41.3 Å². The Morgan fingerprint density at radius 3 is 2.54 bits per heavy atom. The van der Waals surface area contributed by atoms with Crippen molar-refractivity contribution in [2.75, 3.05) is 20.8 Å². The summed E-state index contributed by atoms with van der Waals surface area (Å²) in [4.78, 5) is 23.7. The Morgan fingerprint density at radius 2 is 1.88 bits per heavy atom. The second kappa shape index (κ2) is 8.19. The molecule has 0 atom stereocenters. The topological polar surface area (TPSA) is 69.6 Å². The molecular weight excluding hydrogens is 308 g/mol. The number of aromatic nitrogens is 1. The molecule has 24 heavy (non-hydrogen) atoms.